The van der Waals surface area contributed by atoms with Crippen molar-refractivity contribution >= 4 is 0 Å². The molecule has 1 saturated carbocycles. The first-order chi connectivity index (χ1) is 8.68. The molecule has 0 N–H and O–H groups in total. The summed E-state index contributed by atoms with van der Waals surface area (Å²) in [5.41, 5.74) is -1.78. The van der Waals surface area contributed by atoms with Crippen LogP contribution < -0.4 is 0 Å². The number of hydrogen-bond donors (Lipinski definition) is 0. The largest absolute Gasteiger partial charge is 0.363 e. The van der Waals surface area contributed by atoms with Gasteiger partial charge in [0, 0.05) is 0 Å². The van der Waals surface area contributed by atoms with Gasteiger partial charge in [0.25, 0.3) is 5.92 Å². The van der Waals surface area contributed by atoms with Crippen molar-refractivity contribution in [2.45, 2.75) is 82.5 Å². The zero-order chi connectivity index (χ0) is 14.3. The summed E-state index contributed by atoms with van der Waals surface area (Å²) in [6.45, 7) is 6.40. The van der Waals surface area contributed by atoms with Crippen molar-refractivity contribution < 1.29 is 13.5 Å². The average Bonchev–Trinajstić information content (AvgIpc) is 2.85. The predicted molar refractivity (Wildman–Crippen MR) is 72.6 cm³/mol. The molecule has 0 amide bonds. The van der Waals surface area contributed by atoms with Crippen LogP contribution in [0.5, 0.6) is 0 Å². The van der Waals surface area contributed by atoms with Crippen LogP contribution in [0, 0.1) is 0 Å². The second-order valence-electron chi connectivity index (χ2n) is 7.18. The van der Waals surface area contributed by atoms with Crippen LogP contribution in [0.2, 0.25) is 0 Å². The van der Waals surface area contributed by atoms with Crippen LogP contribution in [0.4, 0.5) is 8.78 Å². The minimum Gasteiger partial charge on any atom is -0.363 e. The smallest absolute Gasteiger partial charge is 0.291 e. The zero-order valence-electron chi connectivity index (χ0n) is 12.6. The monoisotopic (exact) mass is 275 g/mol. The van der Waals surface area contributed by atoms with Gasteiger partial charge >= 0.3 is 0 Å². The van der Waals surface area contributed by atoms with Crippen LogP contribution in [0.15, 0.2) is 0 Å². The maximum absolute atomic E-state index is 15.1. The van der Waals surface area contributed by atoms with Gasteiger partial charge in [0.2, 0.25) is 0 Å². The third-order valence-electron chi connectivity index (χ3n) is 4.46. The minimum atomic E-state index is -2.76. The Kier molecular flexibility index (Phi) is 3.96. The van der Waals surface area contributed by atoms with Crippen molar-refractivity contribution in [2.24, 2.45) is 0 Å². The molecule has 2 nitrogen and oxygen atoms in total. The van der Waals surface area contributed by atoms with Crippen molar-refractivity contribution in [3.05, 3.63) is 0 Å². The molecule has 1 saturated heterocycles. The van der Waals surface area contributed by atoms with Gasteiger partial charge in [-0.05, 0) is 60.0 Å². The minimum absolute atomic E-state index is 0.488. The Morgan fingerprint density at radius 1 is 1.11 bits per heavy atom. The Morgan fingerprint density at radius 3 is 2.11 bits per heavy atom. The first-order valence-electron chi connectivity index (χ1n) is 7.46. The third-order valence-corrected chi connectivity index (χ3v) is 4.46. The molecule has 19 heavy (non-hydrogen) atoms. The molecule has 1 aliphatic heterocycles. The number of likely N-dealkylation sites (tertiary alicyclic amines) is 1. The molecule has 1 aliphatic carbocycles. The van der Waals surface area contributed by atoms with Crippen LogP contribution in [0.25, 0.3) is 0 Å². The molecule has 1 unspecified atom stereocenters. The molecule has 112 valence electrons. The fraction of sp³-hybridized carbons (Fsp3) is 1.00. The summed E-state index contributed by atoms with van der Waals surface area (Å²) >= 11 is 0. The fourth-order valence-corrected chi connectivity index (χ4v) is 3.71. The van der Waals surface area contributed by atoms with Crippen molar-refractivity contribution in [1.82, 2.24) is 4.90 Å². The van der Waals surface area contributed by atoms with E-state index in [-0.39, 0.29) is 0 Å². The molecule has 2 fully saturated rings. The summed E-state index contributed by atoms with van der Waals surface area (Å²) in [4.78, 5) is 1.81. The van der Waals surface area contributed by atoms with Gasteiger partial charge in [-0.25, -0.2) is 8.78 Å². The van der Waals surface area contributed by atoms with Gasteiger partial charge in [0.15, 0.2) is 0 Å². The molecule has 1 atom stereocenters. The highest BCUT2D eigenvalue weighted by Crippen LogP contribution is 2.51. The lowest BCUT2D eigenvalue weighted by molar-refractivity contribution is -0.262. The SMILES string of the molecule is CN1CCCC1C(F)(F)C1(OC(C)(C)C)CCCC1. The van der Waals surface area contributed by atoms with Crippen LogP contribution >= 0.6 is 0 Å². The van der Waals surface area contributed by atoms with E-state index in [4.69, 9.17) is 4.74 Å². The number of alkyl halides is 2. The molecular formula is C15H27F2NO. The summed E-state index contributed by atoms with van der Waals surface area (Å²) in [6.07, 6.45) is 4.12. The maximum atomic E-state index is 15.1. The lowest BCUT2D eigenvalue weighted by Gasteiger charge is -2.45. The molecule has 4 heteroatoms. The van der Waals surface area contributed by atoms with Gasteiger partial charge in [-0.3, -0.25) is 4.90 Å². The van der Waals surface area contributed by atoms with E-state index in [9.17, 15) is 0 Å². The van der Waals surface area contributed by atoms with Crippen molar-refractivity contribution in [1.29, 1.82) is 0 Å². The summed E-state index contributed by atoms with van der Waals surface area (Å²) < 4.78 is 36.1. The van der Waals surface area contributed by atoms with Gasteiger partial charge in [0.05, 0.1) is 11.6 Å². The first kappa shape index (κ1) is 15.2. The second-order valence-corrected chi connectivity index (χ2v) is 7.18. The van der Waals surface area contributed by atoms with Gasteiger partial charge in [-0.1, -0.05) is 12.8 Å². The number of ether oxygens (including phenoxy) is 1. The molecule has 0 spiro atoms. The van der Waals surface area contributed by atoms with E-state index in [1.165, 1.54) is 0 Å². The number of nitrogens with zero attached hydrogens (tertiary/aromatic N) is 1. The summed E-state index contributed by atoms with van der Waals surface area (Å²) in [6, 6.07) is -0.659. The van der Waals surface area contributed by atoms with Gasteiger partial charge in [-0.2, -0.15) is 0 Å². The number of rotatable bonds is 3. The highest BCUT2D eigenvalue weighted by atomic mass is 19.3. The highest BCUT2D eigenvalue weighted by Gasteiger charge is 2.62. The maximum Gasteiger partial charge on any atom is 0.291 e. The molecule has 0 radical (unpaired) electrons. The van der Waals surface area contributed by atoms with E-state index >= 15 is 8.78 Å². The number of hydrogen-bond acceptors (Lipinski definition) is 2. The van der Waals surface area contributed by atoms with Crippen molar-refractivity contribution in [3.63, 3.8) is 0 Å². The van der Waals surface area contributed by atoms with E-state index < -0.39 is 23.2 Å². The zero-order valence-corrected chi connectivity index (χ0v) is 12.6. The fourth-order valence-electron chi connectivity index (χ4n) is 3.71. The lowest BCUT2D eigenvalue weighted by Crippen LogP contribution is -2.60. The molecule has 0 aromatic rings. The van der Waals surface area contributed by atoms with Crippen LogP contribution in [-0.4, -0.2) is 41.7 Å². The van der Waals surface area contributed by atoms with Gasteiger partial charge in [-0.15, -0.1) is 0 Å². The molecule has 1 heterocycles. The van der Waals surface area contributed by atoms with Crippen LogP contribution in [-0.2, 0) is 4.74 Å². The summed E-state index contributed by atoms with van der Waals surface area (Å²) in [5.74, 6) is -2.76. The Morgan fingerprint density at radius 2 is 1.68 bits per heavy atom. The quantitative estimate of drug-likeness (QED) is 0.776. The van der Waals surface area contributed by atoms with E-state index in [2.05, 4.69) is 0 Å². The molecule has 0 aromatic heterocycles. The van der Waals surface area contributed by atoms with E-state index in [0.29, 0.717) is 19.3 Å². The number of halogens is 2. The Labute approximate surface area is 115 Å². The normalized spacial score (nSPS) is 29.1. The molecular weight excluding hydrogens is 248 g/mol. The predicted octanol–water partition coefficient (Wildman–Crippen LogP) is 3.84. The molecule has 2 aliphatic rings. The van der Waals surface area contributed by atoms with Gasteiger partial charge in [0.1, 0.15) is 5.60 Å². The summed E-state index contributed by atoms with van der Waals surface area (Å²) in [5, 5.41) is 0. The lowest BCUT2D eigenvalue weighted by atomic mass is 9.86. The Hall–Kier alpha value is -0.220. The highest BCUT2D eigenvalue weighted by molar-refractivity contribution is 5.06. The molecule has 0 aromatic carbocycles. The Bertz CT molecular complexity index is 319. The van der Waals surface area contributed by atoms with Crippen molar-refractivity contribution in [3.8, 4) is 0 Å². The van der Waals surface area contributed by atoms with E-state index in [1.807, 2.05) is 32.7 Å². The van der Waals surface area contributed by atoms with E-state index in [1.54, 1.807) is 0 Å². The second kappa shape index (κ2) is 4.96. The molecule has 2 rings (SSSR count). The average molecular weight is 275 g/mol. The first-order valence-corrected chi connectivity index (χ1v) is 7.46. The van der Waals surface area contributed by atoms with Crippen LogP contribution in [0.1, 0.15) is 59.3 Å². The van der Waals surface area contributed by atoms with E-state index in [0.717, 1.165) is 25.8 Å². The third kappa shape index (κ3) is 2.80. The Balaban J connectivity index is 2.27. The molecule has 0 bridgehead atoms. The van der Waals surface area contributed by atoms with Gasteiger partial charge < -0.3 is 4.74 Å². The van der Waals surface area contributed by atoms with Crippen LogP contribution in [0.3, 0.4) is 0 Å². The summed E-state index contributed by atoms with van der Waals surface area (Å²) in [7, 11) is 1.81. The topological polar surface area (TPSA) is 12.5 Å². The van der Waals surface area contributed by atoms with Crippen molar-refractivity contribution in [2.75, 3.05) is 13.6 Å². The standard InChI is InChI=1S/C15H27F2NO/c1-13(2,3)19-14(9-5-6-10-14)15(16,17)12-8-7-11-18(12)4/h12H,5-11H2,1-4H3.